The maximum absolute atomic E-state index is 10.8. The van der Waals surface area contributed by atoms with Crippen molar-refractivity contribution in [3.8, 4) is 5.75 Å². The van der Waals surface area contributed by atoms with Gasteiger partial charge in [0.2, 0.25) is 0 Å². The van der Waals surface area contributed by atoms with Gasteiger partial charge >= 0.3 is 5.97 Å². The first-order chi connectivity index (χ1) is 7.08. The van der Waals surface area contributed by atoms with Crippen LogP contribution in [0.25, 0.3) is 0 Å². The van der Waals surface area contributed by atoms with Crippen molar-refractivity contribution in [2.75, 3.05) is 0 Å². The molecule has 1 aromatic carbocycles. The number of aryl methyl sites for hydroxylation is 1. The molecule has 0 aromatic heterocycles. The van der Waals surface area contributed by atoms with Crippen LogP contribution in [0.1, 0.15) is 12.0 Å². The van der Waals surface area contributed by atoms with Crippen LogP contribution >= 0.6 is 31.9 Å². The van der Waals surface area contributed by atoms with Gasteiger partial charge in [0.15, 0.2) is 6.10 Å². The van der Waals surface area contributed by atoms with Crippen molar-refractivity contribution in [1.29, 1.82) is 0 Å². The summed E-state index contributed by atoms with van der Waals surface area (Å²) >= 11 is 6.74. The Morgan fingerprint density at radius 2 is 2.20 bits per heavy atom. The van der Waals surface area contributed by atoms with Gasteiger partial charge in [0, 0.05) is 4.47 Å². The van der Waals surface area contributed by atoms with Crippen LogP contribution in [-0.4, -0.2) is 17.2 Å². The topological polar surface area (TPSA) is 46.5 Å². The van der Waals surface area contributed by atoms with E-state index in [9.17, 15) is 4.79 Å². The van der Waals surface area contributed by atoms with E-state index in [4.69, 9.17) is 9.84 Å². The van der Waals surface area contributed by atoms with Gasteiger partial charge in [-0.15, -0.1) is 0 Å². The lowest BCUT2D eigenvalue weighted by atomic mass is 10.0. The average molecular weight is 336 g/mol. The minimum absolute atomic E-state index is 0.519. The van der Waals surface area contributed by atoms with Crippen LogP contribution in [-0.2, 0) is 11.2 Å². The molecule has 0 saturated carbocycles. The highest BCUT2D eigenvalue weighted by Crippen LogP contribution is 2.37. The van der Waals surface area contributed by atoms with E-state index >= 15 is 0 Å². The maximum Gasteiger partial charge on any atom is 0.344 e. The van der Waals surface area contributed by atoms with Crippen LogP contribution < -0.4 is 4.74 Å². The lowest BCUT2D eigenvalue weighted by Crippen LogP contribution is -2.31. The van der Waals surface area contributed by atoms with Crippen molar-refractivity contribution >= 4 is 37.8 Å². The summed E-state index contributed by atoms with van der Waals surface area (Å²) in [7, 11) is 0. The molecule has 80 valence electrons. The van der Waals surface area contributed by atoms with Crippen LogP contribution in [0.4, 0.5) is 0 Å². The third-order valence-corrected chi connectivity index (χ3v) is 3.34. The molecule has 1 atom stereocenters. The average Bonchev–Trinajstić information content (AvgIpc) is 2.16. The Balaban J connectivity index is 2.37. The normalized spacial score (nSPS) is 19.2. The summed E-state index contributed by atoms with van der Waals surface area (Å²) in [5, 5.41) is 8.86. The number of ether oxygens (including phenoxy) is 1. The molecule has 0 radical (unpaired) electrons. The van der Waals surface area contributed by atoms with E-state index in [1.807, 2.05) is 12.1 Å². The largest absolute Gasteiger partial charge is 0.479 e. The molecule has 1 aliphatic rings. The van der Waals surface area contributed by atoms with Gasteiger partial charge in [-0.2, -0.15) is 0 Å². The molecule has 0 aliphatic carbocycles. The first kappa shape index (κ1) is 11.0. The van der Waals surface area contributed by atoms with Crippen molar-refractivity contribution in [3.05, 3.63) is 26.6 Å². The molecule has 0 spiro atoms. The second kappa shape index (κ2) is 4.14. The summed E-state index contributed by atoms with van der Waals surface area (Å²) in [6.45, 7) is 0. The highest BCUT2D eigenvalue weighted by atomic mass is 79.9. The number of rotatable bonds is 1. The molecular formula is C10H8Br2O3. The third kappa shape index (κ3) is 2.18. The Morgan fingerprint density at radius 1 is 1.47 bits per heavy atom. The molecule has 2 rings (SSSR count). The monoisotopic (exact) mass is 334 g/mol. The summed E-state index contributed by atoms with van der Waals surface area (Å²) in [6.07, 6.45) is 0.519. The number of hydrogen-bond donors (Lipinski definition) is 1. The second-order valence-corrected chi connectivity index (χ2v) is 5.13. The van der Waals surface area contributed by atoms with Crippen LogP contribution in [0.15, 0.2) is 21.1 Å². The van der Waals surface area contributed by atoms with Gasteiger partial charge in [-0.05, 0) is 46.5 Å². The number of carboxylic acids is 1. The Bertz CT molecular complexity index is 417. The summed E-state index contributed by atoms with van der Waals surface area (Å²) < 4.78 is 7.16. The van der Waals surface area contributed by atoms with Gasteiger partial charge in [-0.1, -0.05) is 15.9 Å². The van der Waals surface area contributed by atoms with E-state index < -0.39 is 12.1 Å². The van der Waals surface area contributed by atoms with Gasteiger partial charge < -0.3 is 9.84 Å². The molecule has 0 bridgehead atoms. The van der Waals surface area contributed by atoms with Crippen molar-refractivity contribution in [1.82, 2.24) is 0 Å². The predicted octanol–water partition coefficient (Wildman–Crippen LogP) is 2.99. The highest BCUT2D eigenvalue weighted by Gasteiger charge is 2.27. The summed E-state index contributed by atoms with van der Waals surface area (Å²) in [4.78, 5) is 10.8. The third-order valence-electron chi connectivity index (χ3n) is 2.30. The van der Waals surface area contributed by atoms with Crippen molar-refractivity contribution < 1.29 is 14.6 Å². The summed E-state index contributed by atoms with van der Waals surface area (Å²) in [6, 6.07) is 3.81. The van der Waals surface area contributed by atoms with Crippen LogP contribution in [0, 0.1) is 0 Å². The maximum atomic E-state index is 10.8. The number of aliphatic carboxylic acids is 1. The van der Waals surface area contributed by atoms with Gasteiger partial charge in [0.1, 0.15) is 5.75 Å². The molecule has 1 N–H and O–H groups in total. The fourth-order valence-corrected chi connectivity index (χ4v) is 3.00. The zero-order chi connectivity index (χ0) is 11.0. The highest BCUT2D eigenvalue weighted by molar-refractivity contribution is 9.11. The van der Waals surface area contributed by atoms with Gasteiger partial charge in [-0.25, -0.2) is 4.79 Å². The van der Waals surface area contributed by atoms with E-state index in [1.54, 1.807) is 0 Å². The minimum atomic E-state index is -0.907. The van der Waals surface area contributed by atoms with Gasteiger partial charge in [-0.3, -0.25) is 0 Å². The molecule has 1 unspecified atom stereocenters. The Hall–Kier alpha value is -0.550. The van der Waals surface area contributed by atoms with Crippen LogP contribution in [0.3, 0.4) is 0 Å². The Kier molecular flexibility index (Phi) is 3.02. The molecule has 0 amide bonds. The second-order valence-electron chi connectivity index (χ2n) is 3.36. The first-order valence-corrected chi connectivity index (χ1v) is 6.04. The number of carboxylic acid groups (broad SMARTS) is 1. The lowest BCUT2D eigenvalue weighted by molar-refractivity contribution is -0.145. The van der Waals surface area contributed by atoms with Crippen molar-refractivity contribution in [2.24, 2.45) is 0 Å². The Morgan fingerprint density at radius 3 is 2.87 bits per heavy atom. The quantitative estimate of drug-likeness (QED) is 0.858. The minimum Gasteiger partial charge on any atom is -0.479 e. The van der Waals surface area contributed by atoms with E-state index in [-0.39, 0.29) is 0 Å². The molecule has 0 saturated heterocycles. The predicted molar refractivity (Wildman–Crippen MR) is 62.2 cm³/mol. The van der Waals surface area contributed by atoms with E-state index in [0.717, 1.165) is 20.9 Å². The molecule has 1 aliphatic heterocycles. The lowest BCUT2D eigenvalue weighted by Gasteiger charge is -2.24. The van der Waals surface area contributed by atoms with E-state index in [2.05, 4.69) is 31.9 Å². The summed E-state index contributed by atoms with van der Waals surface area (Å²) in [5.74, 6) is -0.257. The Labute approximate surface area is 104 Å². The van der Waals surface area contributed by atoms with Crippen LogP contribution in [0.2, 0.25) is 0 Å². The zero-order valence-electron chi connectivity index (χ0n) is 7.67. The molecule has 5 heteroatoms. The molecule has 15 heavy (non-hydrogen) atoms. The molecule has 3 nitrogen and oxygen atoms in total. The SMILES string of the molecule is O=C(O)C1CCc2cc(Br)cc(Br)c2O1. The van der Waals surface area contributed by atoms with Crippen molar-refractivity contribution in [2.45, 2.75) is 18.9 Å². The number of fused-ring (bicyclic) bond motifs is 1. The standard InChI is InChI=1S/C10H8Br2O3/c11-6-3-5-1-2-8(10(13)14)15-9(5)7(12)4-6/h3-4,8H,1-2H2,(H,13,14). The first-order valence-electron chi connectivity index (χ1n) is 4.45. The van der Waals surface area contributed by atoms with Gasteiger partial charge in [0.25, 0.3) is 0 Å². The molecule has 0 fully saturated rings. The smallest absolute Gasteiger partial charge is 0.344 e. The molecule has 1 heterocycles. The number of carbonyl (C=O) groups is 1. The van der Waals surface area contributed by atoms with Gasteiger partial charge in [0.05, 0.1) is 4.47 Å². The van der Waals surface area contributed by atoms with Crippen LogP contribution in [0.5, 0.6) is 5.75 Å². The number of halogens is 2. The van der Waals surface area contributed by atoms with Crippen molar-refractivity contribution in [3.63, 3.8) is 0 Å². The van der Waals surface area contributed by atoms with E-state index in [0.29, 0.717) is 12.2 Å². The molecular weight excluding hydrogens is 328 g/mol. The zero-order valence-corrected chi connectivity index (χ0v) is 10.8. The fraction of sp³-hybridized carbons (Fsp3) is 0.300. The van der Waals surface area contributed by atoms with E-state index in [1.165, 1.54) is 0 Å². The summed E-state index contributed by atoms with van der Waals surface area (Å²) in [5.41, 5.74) is 1.04. The number of benzene rings is 1. The fourth-order valence-electron chi connectivity index (χ4n) is 1.59. The number of hydrogen-bond acceptors (Lipinski definition) is 2. The molecule has 1 aromatic rings.